The Labute approximate surface area is 273 Å². The Kier molecular flexibility index (Phi) is 5.47. The molecule has 1 spiro atoms. The summed E-state index contributed by atoms with van der Waals surface area (Å²) in [5.41, 5.74) is 10.4. The second-order valence-electron chi connectivity index (χ2n) is 11.5. The summed E-state index contributed by atoms with van der Waals surface area (Å²) in [6.45, 7) is 0. The maximum absolute atomic E-state index is 5.25. The van der Waals surface area contributed by atoms with Crippen molar-refractivity contribution in [3.05, 3.63) is 161 Å². The van der Waals surface area contributed by atoms with Gasteiger partial charge in [-0.3, -0.25) is 14.9 Å². The number of hydrogen-bond donors (Lipinski definition) is 0. The molecule has 46 heavy (non-hydrogen) atoms. The molecule has 6 heterocycles. The highest BCUT2D eigenvalue weighted by atomic mass is 32.1. The van der Waals surface area contributed by atoms with Gasteiger partial charge in [0.1, 0.15) is 11.5 Å². The zero-order valence-corrected chi connectivity index (χ0v) is 26.0. The summed E-state index contributed by atoms with van der Waals surface area (Å²) in [7, 11) is 0. The smallest absolute Gasteiger partial charge is 0.180 e. The number of hydrogen-bond acceptors (Lipinski definition) is 7. The highest BCUT2D eigenvalue weighted by Crippen LogP contribution is 2.65. The minimum absolute atomic E-state index is 0.462. The van der Waals surface area contributed by atoms with E-state index in [1.54, 1.807) is 6.20 Å². The summed E-state index contributed by atoms with van der Waals surface area (Å²) in [6.07, 6.45) is 3.66. The van der Waals surface area contributed by atoms with Gasteiger partial charge in [-0.2, -0.15) is 0 Å². The van der Waals surface area contributed by atoms with E-state index < -0.39 is 5.41 Å². The molecule has 7 heteroatoms. The number of thiophene rings is 2. The second kappa shape index (κ2) is 9.75. The molecule has 8 aromatic rings. The number of rotatable bonds is 3. The maximum atomic E-state index is 5.25. The molecule has 0 saturated carbocycles. The van der Waals surface area contributed by atoms with Gasteiger partial charge in [-0.1, -0.05) is 60.7 Å². The predicted octanol–water partition coefficient (Wildman–Crippen LogP) is 10.0. The first kappa shape index (κ1) is 25.8. The van der Waals surface area contributed by atoms with E-state index in [1.807, 2.05) is 71.3 Å². The van der Waals surface area contributed by atoms with Crippen LogP contribution in [0, 0.1) is 0 Å². The number of fused-ring (bicyclic) bond motifs is 10. The van der Waals surface area contributed by atoms with E-state index >= 15 is 0 Å². The minimum Gasteiger partial charge on any atom is -0.294 e. The Morgan fingerprint density at radius 1 is 0.543 bits per heavy atom. The SMILES string of the molecule is c1ccc(-c2cc(N3c4ccccc4C4(c5cc6cccnc6cc53)c3ccsc3-c3sccc34)nc(-c3ccccn3)n2)cc1. The lowest BCUT2D eigenvalue weighted by atomic mass is 9.65. The summed E-state index contributed by atoms with van der Waals surface area (Å²) < 4.78 is 0. The van der Waals surface area contributed by atoms with Crippen LogP contribution in [-0.2, 0) is 5.41 Å². The van der Waals surface area contributed by atoms with E-state index in [1.165, 1.54) is 32.0 Å². The average molecular weight is 626 g/mol. The van der Waals surface area contributed by atoms with Crippen LogP contribution in [0.2, 0.25) is 0 Å². The largest absolute Gasteiger partial charge is 0.294 e. The average Bonchev–Trinajstić information content (AvgIpc) is 3.85. The molecule has 1 aliphatic heterocycles. The molecule has 0 bridgehead atoms. The third-order valence-electron chi connectivity index (χ3n) is 9.16. The molecule has 0 atom stereocenters. The molecule has 1 aliphatic carbocycles. The molecule has 0 fully saturated rings. The normalized spacial score (nSPS) is 13.8. The van der Waals surface area contributed by atoms with Gasteiger partial charge in [0.25, 0.3) is 0 Å². The number of aromatic nitrogens is 4. The highest BCUT2D eigenvalue weighted by Gasteiger charge is 2.53. The van der Waals surface area contributed by atoms with Crippen molar-refractivity contribution >= 4 is 50.8 Å². The minimum atomic E-state index is -0.462. The molecule has 3 aromatic carbocycles. The lowest BCUT2D eigenvalue weighted by molar-refractivity contribution is 0.756. The molecule has 0 radical (unpaired) electrons. The van der Waals surface area contributed by atoms with Crippen LogP contribution in [0.1, 0.15) is 22.3 Å². The lowest BCUT2D eigenvalue weighted by Crippen LogP contribution is -2.36. The van der Waals surface area contributed by atoms with E-state index in [9.17, 15) is 0 Å². The fourth-order valence-corrected chi connectivity index (χ4v) is 9.40. The fourth-order valence-electron chi connectivity index (χ4n) is 7.30. The molecule has 216 valence electrons. The summed E-state index contributed by atoms with van der Waals surface area (Å²) >= 11 is 3.67. The summed E-state index contributed by atoms with van der Waals surface area (Å²) in [5, 5.41) is 5.59. The Morgan fingerprint density at radius 3 is 2.11 bits per heavy atom. The van der Waals surface area contributed by atoms with Crippen molar-refractivity contribution in [2.75, 3.05) is 4.90 Å². The van der Waals surface area contributed by atoms with Gasteiger partial charge in [0, 0.05) is 39.2 Å². The van der Waals surface area contributed by atoms with Crippen molar-refractivity contribution in [1.29, 1.82) is 0 Å². The van der Waals surface area contributed by atoms with Crippen molar-refractivity contribution in [1.82, 2.24) is 19.9 Å². The van der Waals surface area contributed by atoms with Crippen molar-refractivity contribution in [2.24, 2.45) is 0 Å². The molecule has 5 nitrogen and oxygen atoms in total. The van der Waals surface area contributed by atoms with Gasteiger partial charge in [0.15, 0.2) is 5.82 Å². The van der Waals surface area contributed by atoms with Crippen LogP contribution in [-0.4, -0.2) is 19.9 Å². The van der Waals surface area contributed by atoms with Crippen molar-refractivity contribution in [3.63, 3.8) is 0 Å². The van der Waals surface area contributed by atoms with E-state index in [0.29, 0.717) is 5.82 Å². The first-order valence-corrected chi connectivity index (χ1v) is 16.9. The van der Waals surface area contributed by atoms with Crippen LogP contribution in [0.25, 0.3) is 43.4 Å². The monoisotopic (exact) mass is 625 g/mol. The van der Waals surface area contributed by atoms with Crippen LogP contribution < -0.4 is 4.90 Å². The number of anilines is 3. The topological polar surface area (TPSA) is 54.8 Å². The van der Waals surface area contributed by atoms with Crippen LogP contribution in [0.3, 0.4) is 0 Å². The zero-order chi connectivity index (χ0) is 30.2. The van der Waals surface area contributed by atoms with E-state index in [0.717, 1.165) is 45.0 Å². The molecule has 10 rings (SSSR count). The molecule has 0 saturated heterocycles. The van der Waals surface area contributed by atoms with Gasteiger partial charge in [0.05, 0.1) is 28.0 Å². The van der Waals surface area contributed by atoms with Gasteiger partial charge in [0.2, 0.25) is 0 Å². The fraction of sp³-hybridized carbons (Fsp3) is 0.0256. The van der Waals surface area contributed by atoms with Crippen molar-refractivity contribution < 1.29 is 0 Å². The van der Waals surface area contributed by atoms with Gasteiger partial charge in [-0.05, 0) is 81.5 Å². The molecule has 0 unspecified atom stereocenters. The first-order valence-electron chi connectivity index (χ1n) is 15.1. The Balaban J connectivity index is 1.33. The molecule has 0 amide bonds. The molecular formula is C39H23N5S2. The quantitative estimate of drug-likeness (QED) is 0.196. The molecule has 2 aliphatic rings. The maximum Gasteiger partial charge on any atom is 0.180 e. The second-order valence-corrected chi connectivity index (χ2v) is 13.3. The van der Waals surface area contributed by atoms with Crippen LogP contribution in [0.5, 0.6) is 0 Å². The third-order valence-corrected chi connectivity index (χ3v) is 11.2. The van der Waals surface area contributed by atoms with Gasteiger partial charge in [-0.25, -0.2) is 9.97 Å². The molecule has 0 N–H and O–H groups in total. The lowest BCUT2D eigenvalue weighted by Gasteiger charge is -2.44. The van der Waals surface area contributed by atoms with Crippen LogP contribution in [0.15, 0.2) is 138 Å². The molecular weight excluding hydrogens is 603 g/mol. The standard InChI is InChI=1S/C39H23N5S2/c1-2-9-24(10-3-1)32-23-35(43-38(42-32)30-13-6-7-17-40-30)44-33-14-5-4-12-26(33)39(27-15-19-45-36(27)37-28(39)16-20-46-37)29-21-25-11-8-18-41-31(25)22-34(29)44/h1-23H. The van der Waals surface area contributed by atoms with Gasteiger partial charge >= 0.3 is 0 Å². The van der Waals surface area contributed by atoms with E-state index in [2.05, 4.69) is 93.4 Å². The van der Waals surface area contributed by atoms with Gasteiger partial charge < -0.3 is 0 Å². The Morgan fingerprint density at radius 2 is 1.30 bits per heavy atom. The number of para-hydroxylation sites is 1. The molecule has 5 aromatic heterocycles. The zero-order valence-electron chi connectivity index (χ0n) is 24.3. The van der Waals surface area contributed by atoms with Crippen molar-refractivity contribution in [2.45, 2.75) is 5.41 Å². The van der Waals surface area contributed by atoms with Crippen LogP contribution >= 0.6 is 22.7 Å². The Hall–Kier alpha value is -5.50. The Bertz CT molecular complexity index is 2350. The number of nitrogens with zero attached hydrogens (tertiary/aromatic N) is 5. The third kappa shape index (κ3) is 3.49. The summed E-state index contributed by atoms with van der Waals surface area (Å²) in [4.78, 5) is 24.8. The van der Waals surface area contributed by atoms with Crippen molar-refractivity contribution in [3.8, 4) is 32.5 Å². The number of benzene rings is 3. The summed E-state index contributed by atoms with van der Waals surface area (Å²) in [6, 6.07) is 40.5. The summed E-state index contributed by atoms with van der Waals surface area (Å²) in [5.74, 6) is 1.36. The first-order chi connectivity index (χ1) is 22.8. The highest BCUT2D eigenvalue weighted by molar-refractivity contribution is 7.21. The van der Waals surface area contributed by atoms with Crippen LogP contribution in [0.4, 0.5) is 17.2 Å². The number of pyridine rings is 2. The predicted molar refractivity (Wildman–Crippen MR) is 187 cm³/mol. The van der Waals surface area contributed by atoms with E-state index in [-0.39, 0.29) is 0 Å². The van der Waals surface area contributed by atoms with Gasteiger partial charge in [-0.15, -0.1) is 22.7 Å². The van der Waals surface area contributed by atoms with E-state index in [4.69, 9.17) is 15.0 Å².